The van der Waals surface area contributed by atoms with Gasteiger partial charge in [-0.25, -0.2) is 4.98 Å². The van der Waals surface area contributed by atoms with Gasteiger partial charge in [0.05, 0.1) is 11.9 Å². The molecule has 0 bridgehead atoms. The summed E-state index contributed by atoms with van der Waals surface area (Å²) in [7, 11) is 0. The maximum atomic E-state index is 12.3. The van der Waals surface area contributed by atoms with Crippen molar-refractivity contribution in [1.82, 2.24) is 9.55 Å². The van der Waals surface area contributed by atoms with Crippen LogP contribution in [0.3, 0.4) is 0 Å². The molecule has 1 amide bonds. The van der Waals surface area contributed by atoms with Crippen LogP contribution in [-0.2, 0) is 17.6 Å². The van der Waals surface area contributed by atoms with Crippen LogP contribution in [0.2, 0.25) is 5.02 Å². The molecule has 0 saturated heterocycles. The lowest BCUT2D eigenvalue weighted by atomic mass is 10.0. The summed E-state index contributed by atoms with van der Waals surface area (Å²) in [5, 5.41) is 7.46. The van der Waals surface area contributed by atoms with E-state index in [1.165, 1.54) is 22.3 Å². The predicted molar refractivity (Wildman–Crippen MR) is 121 cm³/mol. The standard InChI is InChI=1S/C23H22ClN3OS/c1-15(2)10-17-13-27(20-12-18(24)8-9-19(17)20)23-26-21(14-29-23)25-22(28)11-16-6-4-3-5-7-16/h3-9,12-15H,10-11H2,1-2H3,(H,25,28). The zero-order valence-corrected chi connectivity index (χ0v) is 17.9. The van der Waals surface area contributed by atoms with E-state index in [4.69, 9.17) is 11.6 Å². The van der Waals surface area contributed by atoms with Gasteiger partial charge in [0.1, 0.15) is 5.82 Å². The molecular formula is C23H22ClN3OS. The quantitative estimate of drug-likeness (QED) is 0.406. The molecule has 6 heteroatoms. The van der Waals surface area contributed by atoms with Crippen LogP contribution in [0.4, 0.5) is 5.82 Å². The molecule has 0 aliphatic rings. The number of hydrogen-bond acceptors (Lipinski definition) is 3. The smallest absolute Gasteiger partial charge is 0.229 e. The highest BCUT2D eigenvalue weighted by atomic mass is 35.5. The number of nitrogens with one attached hydrogen (secondary N) is 1. The third-order valence-corrected chi connectivity index (χ3v) is 5.73. The summed E-state index contributed by atoms with van der Waals surface area (Å²) in [4.78, 5) is 17.0. The first-order valence-electron chi connectivity index (χ1n) is 9.59. The van der Waals surface area contributed by atoms with Gasteiger partial charge in [-0.05, 0) is 35.6 Å². The number of carbonyl (C=O) groups is 1. The Morgan fingerprint density at radius 1 is 1.21 bits per heavy atom. The normalized spacial score (nSPS) is 11.3. The molecule has 2 aromatic heterocycles. The van der Waals surface area contributed by atoms with Crippen molar-refractivity contribution in [2.75, 3.05) is 5.32 Å². The fraction of sp³-hybridized carbons (Fsp3) is 0.217. The maximum absolute atomic E-state index is 12.3. The summed E-state index contributed by atoms with van der Waals surface area (Å²) in [5.41, 5.74) is 3.28. The average Bonchev–Trinajstić information content (AvgIpc) is 3.26. The fourth-order valence-electron chi connectivity index (χ4n) is 3.43. The second kappa shape index (κ2) is 8.39. The summed E-state index contributed by atoms with van der Waals surface area (Å²) in [6, 6.07) is 15.7. The molecule has 4 nitrogen and oxygen atoms in total. The number of hydrogen-bond donors (Lipinski definition) is 1. The summed E-state index contributed by atoms with van der Waals surface area (Å²) < 4.78 is 2.07. The summed E-state index contributed by atoms with van der Waals surface area (Å²) >= 11 is 7.75. The number of thiazole rings is 1. The monoisotopic (exact) mass is 423 g/mol. The van der Waals surface area contributed by atoms with Crippen molar-refractivity contribution < 1.29 is 4.79 Å². The van der Waals surface area contributed by atoms with Crippen LogP contribution in [0.25, 0.3) is 16.0 Å². The van der Waals surface area contributed by atoms with Crippen LogP contribution in [0.1, 0.15) is 25.0 Å². The second-order valence-corrected chi connectivity index (χ2v) is 8.78. The summed E-state index contributed by atoms with van der Waals surface area (Å²) in [5.74, 6) is 1.04. The van der Waals surface area contributed by atoms with Crippen LogP contribution in [0, 0.1) is 5.92 Å². The lowest BCUT2D eigenvalue weighted by Gasteiger charge is -2.03. The third-order valence-electron chi connectivity index (χ3n) is 4.65. The molecule has 0 aliphatic carbocycles. The van der Waals surface area contributed by atoms with E-state index in [0.717, 1.165) is 22.6 Å². The minimum absolute atomic E-state index is 0.0750. The molecule has 0 spiro atoms. The van der Waals surface area contributed by atoms with Crippen LogP contribution in [0.15, 0.2) is 60.1 Å². The summed E-state index contributed by atoms with van der Waals surface area (Å²) in [6.45, 7) is 4.42. The van der Waals surface area contributed by atoms with Gasteiger partial charge in [0.15, 0.2) is 5.13 Å². The molecule has 0 unspecified atom stereocenters. The third kappa shape index (κ3) is 4.52. The van der Waals surface area contributed by atoms with Gasteiger partial charge in [0, 0.05) is 22.0 Å². The van der Waals surface area contributed by atoms with Crippen molar-refractivity contribution in [3.05, 3.63) is 76.3 Å². The minimum atomic E-state index is -0.0750. The Kier molecular flexibility index (Phi) is 5.69. The van der Waals surface area contributed by atoms with E-state index in [-0.39, 0.29) is 5.91 Å². The van der Waals surface area contributed by atoms with Gasteiger partial charge in [-0.15, -0.1) is 11.3 Å². The number of aromatic nitrogens is 2. The van der Waals surface area contributed by atoms with E-state index >= 15 is 0 Å². The minimum Gasteiger partial charge on any atom is -0.310 e. The highest BCUT2D eigenvalue weighted by Gasteiger charge is 2.15. The molecule has 1 N–H and O–H groups in total. The van der Waals surface area contributed by atoms with E-state index < -0.39 is 0 Å². The SMILES string of the molecule is CC(C)Cc1cn(-c2nc(NC(=O)Cc3ccccc3)cs2)c2cc(Cl)ccc12. The Morgan fingerprint density at radius 2 is 2.00 bits per heavy atom. The Hall–Kier alpha value is -2.63. The number of rotatable bonds is 6. The van der Waals surface area contributed by atoms with Crippen LogP contribution < -0.4 is 5.32 Å². The Labute approximate surface area is 179 Å². The molecule has 4 aromatic rings. The fourth-order valence-corrected chi connectivity index (χ4v) is 4.34. The van der Waals surface area contributed by atoms with E-state index in [1.54, 1.807) is 0 Å². The zero-order chi connectivity index (χ0) is 20.4. The molecule has 2 aromatic carbocycles. The molecule has 2 heterocycles. The first kappa shape index (κ1) is 19.7. The van der Waals surface area contributed by atoms with Gasteiger partial charge in [-0.3, -0.25) is 9.36 Å². The topological polar surface area (TPSA) is 46.9 Å². The number of fused-ring (bicyclic) bond motifs is 1. The van der Waals surface area contributed by atoms with Crippen LogP contribution >= 0.6 is 22.9 Å². The first-order chi connectivity index (χ1) is 14.0. The van der Waals surface area contributed by atoms with Crippen LogP contribution in [0.5, 0.6) is 0 Å². The van der Waals surface area contributed by atoms with Gasteiger partial charge in [-0.1, -0.05) is 61.8 Å². The molecule has 0 aliphatic heterocycles. The van der Waals surface area contributed by atoms with Gasteiger partial charge in [0.25, 0.3) is 0 Å². The first-order valence-corrected chi connectivity index (χ1v) is 10.8. The van der Waals surface area contributed by atoms with Gasteiger partial charge < -0.3 is 5.32 Å². The van der Waals surface area contributed by atoms with E-state index in [9.17, 15) is 4.79 Å². The number of carbonyl (C=O) groups excluding carboxylic acids is 1. The highest BCUT2D eigenvalue weighted by Crippen LogP contribution is 2.31. The van der Waals surface area contributed by atoms with Gasteiger partial charge >= 0.3 is 0 Å². The van der Waals surface area contributed by atoms with Crippen molar-refractivity contribution in [2.24, 2.45) is 5.92 Å². The second-order valence-electron chi connectivity index (χ2n) is 7.51. The molecule has 4 rings (SSSR count). The molecule has 0 saturated carbocycles. The van der Waals surface area contributed by atoms with Crippen molar-refractivity contribution >= 4 is 45.6 Å². The number of amides is 1. The van der Waals surface area contributed by atoms with Crippen molar-refractivity contribution in [2.45, 2.75) is 26.7 Å². The highest BCUT2D eigenvalue weighted by molar-refractivity contribution is 7.12. The summed E-state index contributed by atoms with van der Waals surface area (Å²) in [6.07, 6.45) is 3.45. The molecule has 148 valence electrons. The van der Waals surface area contributed by atoms with Crippen LogP contribution in [-0.4, -0.2) is 15.5 Å². The maximum Gasteiger partial charge on any atom is 0.229 e. The predicted octanol–water partition coefficient (Wildman–Crippen LogP) is 6.12. The van der Waals surface area contributed by atoms with Crippen molar-refractivity contribution in [1.29, 1.82) is 0 Å². The van der Waals surface area contributed by atoms with Gasteiger partial charge in [0.2, 0.25) is 5.91 Å². The van der Waals surface area contributed by atoms with E-state index in [1.807, 2.05) is 47.8 Å². The molecular weight excluding hydrogens is 402 g/mol. The Morgan fingerprint density at radius 3 is 2.76 bits per heavy atom. The Balaban J connectivity index is 1.60. The number of halogens is 1. The van der Waals surface area contributed by atoms with E-state index in [0.29, 0.717) is 23.2 Å². The van der Waals surface area contributed by atoms with Crippen molar-refractivity contribution in [3.8, 4) is 5.13 Å². The van der Waals surface area contributed by atoms with Gasteiger partial charge in [-0.2, -0.15) is 0 Å². The molecule has 0 atom stereocenters. The molecule has 0 fully saturated rings. The lowest BCUT2D eigenvalue weighted by Crippen LogP contribution is -2.14. The number of anilines is 1. The molecule has 0 radical (unpaired) electrons. The van der Waals surface area contributed by atoms with Crippen molar-refractivity contribution in [3.63, 3.8) is 0 Å². The number of benzene rings is 2. The number of nitrogens with zero attached hydrogens (tertiary/aromatic N) is 2. The zero-order valence-electron chi connectivity index (χ0n) is 16.4. The largest absolute Gasteiger partial charge is 0.310 e. The Bertz CT molecular complexity index is 1150. The van der Waals surface area contributed by atoms with E-state index in [2.05, 4.69) is 41.0 Å². The lowest BCUT2D eigenvalue weighted by molar-refractivity contribution is -0.115. The molecule has 29 heavy (non-hydrogen) atoms. The average molecular weight is 424 g/mol.